The number of nitro benzene ring substituents is 2. The van der Waals surface area contributed by atoms with Crippen molar-refractivity contribution in [2.45, 2.75) is 4.90 Å². The summed E-state index contributed by atoms with van der Waals surface area (Å²) in [7, 11) is -4.14. The third kappa shape index (κ3) is 3.96. The topological polar surface area (TPSA) is 158 Å². The molecule has 1 N–H and O–H groups in total. The number of aromatic nitrogens is 1. The van der Waals surface area contributed by atoms with Crippen molar-refractivity contribution in [3.8, 4) is 11.5 Å². The highest BCUT2D eigenvalue weighted by Gasteiger charge is 2.21. The van der Waals surface area contributed by atoms with Crippen molar-refractivity contribution in [1.29, 1.82) is 0 Å². The second-order valence-corrected chi connectivity index (χ2v) is 8.55. The SMILES string of the molecule is O=[N+]([O-])c1cc(NS(=O)(=O)c2cccc(-c3nc4c([N+](=O)[O-])cccc4o3)c2)ccc1Cl. The highest BCUT2D eigenvalue weighted by Crippen LogP contribution is 2.32. The Bertz CT molecular complexity index is 1500. The van der Waals surface area contributed by atoms with E-state index in [4.69, 9.17) is 16.0 Å². The largest absolute Gasteiger partial charge is 0.436 e. The fraction of sp³-hybridized carbons (Fsp3) is 0. The molecule has 0 fully saturated rings. The summed E-state index contributed by atoms with van der Waals surface area (Å²) in [6.07, 6.45) is 0. The number of nitrogens with zero attached hydrogens (tertiary/aromatic N) is 3. The van der Waals surface area contributed by atoms with Crippen molar-refractivity contribution in [3.05, 3.63) is 85.9 Å². The number of nitrogens with one attached hydrogen (secondary N) is 1. The molecule has 0 aliphatic heterocycles. The van der Waals surface area contributed by atoms with Crippen LogP contribution in [-0.2, 0) is 10.0 Å². The summed E-state index contributed by atoms with van der Waals surface area (Å²) in [4.78, 5) is 24.9. The Morgan fingerprint density at radius 1 is 0.938 bits per heavy atom. The van der Waals surface area contributed by atoms with E-state index < -0.39 is 25.6 Å². The number of sulfonamides is 1. The molecule has 0 unspecified atom stereocenters. The molecule has 1 aromatic heterocycles. The van der Waals surface area contributed by atoms with Gasteiger partial charge in [-0.3, -0.25) is 25.0 Å². The van der Waals surface area contributed by atoms with Crippen LogP contribution in [0.5, 0.6) is 0 Å². The van der Waals surface area contributed by atoms with E-state index in [0.29, 0.717) is 0 Å². The predicted octanol–water partition coefficient (Wildman–Crippen LogP) is 4.77. The van der Waals surface area contributed by atoms with Gasteiger partial charge in [-0.15, -0.1) is 0 Å². The number of oxazole rings is 1. The monoisotopic (exact) mass is 474 g/mol. The molecule has 1 heterocycles. The first-order chi connectivity index (χ1) is 15.2. The van der Waals surface area contributed by atoms with Gasteiger partial charge in [0.1, 0.15) is 5.02 Å². The minimum absolute atomic E-state index is 0.00604. The Labute approximate surface area is 184 Å². The quantitative estimate of drug-likeness (QED) is 0.309. The number of anilines is 1. The molecule has 0 spiro atoms. The van der Waals surface area contributed by atoms with Crippen LogP contribution in [0.3, 0.4) is 0 Å². The maximum atomic E-state index is 12.8. The van der Waals surface area contributed by atoms with Gasteiger partial charge in [0.05, 0.1) is 20.4 Å². The zero-order valence-electron chi connectivity index (χ0n) is 15.8. The van der Waals surface area contributed by atoms with Crippen LogP contribution in [0.2, 0.25) is 5.02 Å². The lowest BCUT2D eigenvalue weighted by Crippen LogP contribution is -2.13. The van der Waals surface area contributed by atoms with Crippen LogP contribution < -0.4 is 4.72 Å². The van der Waals surface area contributed by atoms with Gasteiger partial charge in [0.15, 0.2) is 11.1 Å². The molecular formula is C19H11ClN4O7S. The van der Waals surface area contributed by atoms with Crippen LogP contribution >= 0.6 is 11.6 Å². The average molecular weight is 475 g/mol. The molecule has 0 saturated carbocycles. The molecule has 0 saturated heterocycles. The summed E-state index contributed by atoms with van der Waals surface area (Å²) < 4.78 is 33.4. The molecule has 0 atom stereocenters. The maximum Gasteiger partial charge on any atom is 0.298 e. The molecule has 32 heavy (non-hydrogen) atoms. The maximum absolute atomic E-state index is 12.8. The number of nitro groups is 2. The van der Waals surface area contributed by atoms with Gasteiger partial charge in [0.2, 0.25) is 5.89 Å². The van der Waals surface area contributed by atoms with E-state index >= 15 is 0 Å². The van der Waals surface area contributed by atoms with Crippen molar-refractivity contribution in [3.63, 3.8) is 0 Å². The van der Waals surface area contributed by atoms with Gasteiger partial charge in [-0.05, 0) is 36.4 Å². The summed E-state index contributed by atoms with van der Waals surface area (Å²) >= 11 is 5.75. The van der Waals surface area contributed by atoms with Gasteiger partial charge in [0, 0.05) is 17.7 Å². The van der Waals surface area contributed by atoms with Crippen molar-refractivity contribution < 1.29 is 22.7 Å². The molecule has 0 aliphatic rings. The summed E-state index contributed by atoms with van der Waals surface area (Å²) in [6.45, 7) is 0. The number of benzene rings is 3. The van der Waals surface area contributed by atoms with Crippen molar-refractivity contribution in [1.82, 2.24) is 4.98 Å². The van der Waals surface area contributed by atoms with E-state index in [0.717, 1.165) is 6.07 Å². The van der Waals surface area contributed by atoms with Gasteiger partial charge < -0.3 is 4.42 Å². The second kappa shape index (κ2) is 7.90. The number of para-hydroxylation sites is 1. The molecule has 162 valence electrons. The second-order valence-electron chi connectivity index (χ2n) is 6.46. The van der Waals surface area contributed by atoms with Gasteiger partial charge in [0.25, 0.3) is 21.4 Å². The first-order valence-corrected chi connectivity index (χ1v) is 10.6. The lowest BCUT2D eigenvalue weighted by Gasteiger charge is -2.09. The van der Waals surface area contributed by atoms with E-state index in [1.807, 2.05) is 0 Å². The van der Waals surface area contributed by atoms with Crippen molar-refractivity contribution in [2.75, 3.05) is 4.72 Å². The van der Waals surface area contributed by atoms with E-state index in [-0.39, 0.29) is 43.8 Å². The lowest BCUT2D eigenvalue weighted by atomic mass is 10.2. The molecule has 0 radical (unpaired) electrons. The summed E-state index contributed by atoms with van der Waals surface area (Å²) in [6, 6.07) is 13.3. The zero-order valence-corrected chi connectivity index (χ0v) is 17.3. The highest BCUT2D eigenvalue weighted by molar-refractivity contribution is 7.92. The standard InChI is InChI=1S/C19H11ClN4O7S/c20-14-8-7-12(10-16(14)24(27)28)22-32(29,30)13-4-1-3-11(9-13)19-21-18-15(23(25)26)5-2-6-17(18)31-19/h1-10,22H. The average Bonchev–Trinajstić information content (AvgIpc) is 3.19. The Morgan fingerprint density at radius 2 is 1.66 bits per heavy atom. The smallest absolute Gasteiger partial charge is 0.298 e. The number of fused-ring (bicyclic) bond motifs is 1. The van der Waals surface area contributed by atoms with Gasteiger partial charge >= 0.3 is 0 Å². The fourth-order valence-corrected chi connectivity index (χ4v) is 4.21. The van der Waals surface area contributed by atoms with Crippen LogP contribution in [0.1, 0.15) is 0 Å². The lowest BCUT2D eigenvalue weighted by molar-refractivity contribution is -0.384. The van der Waals surface area contributed by atoms with E-state index in [1.165, 1.54) is 54.6 Å². The van der Waals surface area contributed by atoms with Crippen LogP contribution in [0.25, 0.3) is 22.6 Å². The molecule has 0 bridgehead atoms. The molecule has 11 nitrogen and oxygen atoms in total. The molecule has 0 amide bonds. The van der Waals surface area contributed by atoms with Gasteiger partial charge in [-0.2, -0.15) is 0 Å². The Hall–Kier alpha value is -4.03. The molecule has 3 aromatic carbocycles. The number of non-ortho nitro benzene ring substituents is 1. The molecule has 4 aromatic rings. The van der Waals surface area contributed by atoms with E-state index in [2.05, 4.69) is 9.71 Å². The van der Waals surface area contributed by atoms with Crippen molar-refractivity contribution in [2.24, 2.45) is 0 Å². The van der Waals surface area contributed by atoms with Crippen LogP contribution in [0.15, 0.2) is 70.0 Å². The number of halogens is 1. The first-order valence-electron chi connectivity index (χ1n) is 8.77. The molecule has 0 aliphatic carbocycles. The summed E-state index contributed by atoms with van der Waals surface area (Å²) in [5.74, 6) is -0.00604. The van der Waals surface area contributed by atoms with Crippen LogP contribution in [0.4, 0.5) is 17.1 Å². The molecule has 4 rings (SSSR count). The zero-order chi connectivity index (χ0) is 23.0. The number of hydrogen-bond donors (Lipinski definition) is 1. The molecular weight excluding hydrogens is 464 g/mol. The van der Waals surface area contributed by atoms with Crippen LogP contribution in [-0.4, -0.2) is 23.2 Å². The number of hydrogen-bond acceptors (Lipinski definition) is 8. The Balaban J connectivity index is 1.71. The summed E-state index contributed by atoms with van der Waals surface area (Å²) in [5.41, 5.74) is -0.271. The highest BCUT2D eigenvalue weighted by atomic mass is 35.5. The first kappa shape index (κ1) is 21.2. The third-order valence-corrected chi connectivity index (χ3v) is 6.08. The summed E-state index contributed by atoms with van der Waals surface area (Å²) in [5, 5.41) is 22.1. The van der Waals surface area contributed by atoms with Gasteiger partial charge in [-0.1, -0.05) is 23.7 Å². The Kier molecular flexibility index (Phi) is 5.24. The van der Waals surface area contributed by atoms with Gasteiger partial charge in [-0.25, -0.2) is 13.4 Å². The molecule has 13 heteroatoms. The predicted molar refractivity (Wildman–Crippen MR) is 115 cm³/mol. The normalized spacial score (nSPS) is 11.4. The van der Waals surface area contributed by atoms with E-state index in [9.17, 15) is 28.6 Å². The van der Waals surface area contributed by atoms with Crippen molar-refractivity contribution >= 4 is 49.8 Å². The Morgan fingerprint density at radius 3 is 2.38 bits per heavy atom. The van der Waals surface area contributed by atoms with E-state index in [1.54, 1.807) is 0 Å². The minimum Gasteiger partial charge on any atom is -0.436 e. The minimum atomic E-state index is -4.14. The third-order valence-electron chi connectivity index (χ3n) is 4.38. The van der Waals surface area contributed by atoms with Crippen LogP contribution in [0, 0.1) is 20.2 Å². The number of rotatable bonds is 6. The fourth-order valence-electron chi connectivity index (χ4n) is 2.93.